The van der Waals surface area contributed by atoms with Crippen LogP contribution < -0.4 is 9.47 Å². The molecule has 0 radical (unpaired) electrons. The third kappa shape index (κ3) is 7.29. The number of ether oxygens (including phenoxy) is 2. The molecule has 2 fully saturated rings. The molecular formula is C37H37N3O6S. The summed E-state index contributed by atoms with van der Waals surface area (Å²) in [4.78, 5) is 35.7. The van der Waals surface area contributed by atoms with E-state index in [1.54, 1.807) is 50.5 Å². The molecule has 0 bridgehead atoms. The van der Waals surface area contributed by atoms with Crippen molar-refractivity contribution in [2.75, 3.05) is 20.7 Å². The fourth-order valence-electron chi connectivity index (χ4n) is 7.30. The molecule has 10 heteroatoms. The van der Waals surface area contributed by atoms with E-state index in [-0.39, 0.29) is 5.41 Å². The number of nitriles is 2. The number of nitrogens with zero attached hydrogens (tertiary/aromatic N) is 3. The van der Waals surface area contributed by atoms with Crippen LogP contribution in [0.5, 0.6) is 17.2 Å². The zero-order valence-electron chi connectivity index (χ0n) is 26.7. The Bertz CT molecular complexity index is 1760. The molecule has 0 unspecified atom stereocenters. The minimum absolute atomic E-state index is 0.141. The third-order valence-corrected chi connectivity index (χ3v) is 10.6. The molecule has 242 valence electrons. The average Bonchev–Trinajstić information content (AvgIpc) is 3.38. The number of Topliss-reactive ketones (excluding diaryl/α,β-unsaturated/α-hetero) is 1. The number of amides is 1. The van der Waals surface area contributed by atoms with Crippen LogP contribution in [0.2, 0.25) is 0 Å². The van der Waals surface area contributed by atoms with Gasteiger partial charge in [-0.3, -0.25) is 9.59 Å². The highest BCUT2D eigenvalue weighted by atomic mass is 32.2. The summed E-state index contributed by atoms with van der Waals surface area (Å²) in [5, 5.41) is 28.6. The number of rotatable bonds is 8. The van der Waals surface area contributed by atoms with Crippen molar-refractivity contribution < 1.29 is 29.0 Å². The first-order chi connectivity index (χ1) is 22.6. The van der Waals surface area contributed by atoms with Gasteiger partial charge in [0.25, 0.3) is 0 Å². The number of hydrogen-bond donors (Lipinski definition) is 1. The van der Waals surface area contributed by atoms with Crippen molar-refractivity contribution >= 4 is 29.9 Å². The maximum atomic E-state index is 12.7. The molecular weight excluding hydrogens is 614 g/mol. The lowest BCUT2D eigenvalue weighted by atomic mass is 9.55. The Balaban J connectivity index is 0.000000807. The van der Waals surface area contributed by atoms with Gasteiger partial charge in [-0.1, -0.05) is 24.8 Å². The van der Waals surface area contributed by atoms with Gasteiger partial charge in [0, 0.05) is 41.8 Å². The van der Waals surface area contributed by atoms with Crippen LogP contribution in [0.4, 0.5) is 0 Å². The van der Waals surface area contributed by atoms with E-state index in [4.69, 9.17) is 14.6 Å². The van der Waals surface area contributed by atoms with E-state index in [1.165, 1.54) is 27.8 Å². The van der Waals surface area contributed by atoms with E-state index in [1.807, 2.05) is 6.07 Å². The standard InChI is InChI=1S/C34H30N2O5S.C3H7NO/c1-34-13-12-27-26-9-5-24(14-20(26)2-8-28(27)29(34)10-11-32(34)37)41-30-15-22(18-36)31(16-21(30)17-35)42-25-6-3-23(4-7-25)40-19-33(38)39;1-4(2)3-5/h3-7,9,14-16,27-29H,2,8,10-13,19H2,1H3,(H,38,39);3H,1-2H3/t27-,28-,29+,34+;/m1./s1. The number of carbonyl (C=O) groups is 3. The zero-order chi connectivity index (χ0) is 33.7. The first kappa shape index (κ1) is 33.6. The van der Waals surface area contributed by atoms with Crippen molar-refractivity contribution in [2.24, 2.45) is 17.3 Å². The van der Waals surface area contributed by atoms with E-state index in [0.717, 1.165) is 49.8 Å². The molecule has 3 aliphatic carbocycles. The van der Waals surface area contributed by atoms with Crippen molar-refractivity contribution in [1.29, 1.82) is 10.5 Å². The predicted molar refractivity (Wildman–Crippen MR) is 175 cm³/mol. The van der Waals surface area contributed by atoms with Gasteiger partial charge in [-0.05, 0) is 103 Å². The van der Waals surface area contributed by atoms with Gasteiger partial charge in [0.15, 0.2) is 6.61 Å². The van der Waals surface area contributed by atoms with Crippen LogP contribution in [0.3, 0.4) is 0 Å². The quantitative estimate of drug-likeness (QED) is 0.256. The molecule has 1 amide bonds. The minimum atomic E-state index is -1.05. The molecule has 2 saturated carbocycles. The molecule has 0 heterocycles. The molecule has 6 rings (SSSR count). The number of aryl methyl sites for hydroxylation is 1. The fourth-order valence-corrected chi connectivity index (χ4v) is 8.22. The molecule has 4 atom stereocenters. The summed E-state index contributed by atoms with van der Waals surface area (Å²) in [6, 6.07) is 20.8. The van der Waals surface area contributed by atoms with Crippen LogP contribution in [0.25, 0.3) is 0 Å². The number of benzene rings is 3. The molecule has 0 aliphatic heterocycles. The molecule has 0 aromatic heterocycles. The molecule has 0 saturated heterocycles. The van der Waals surface area contributed by atoms with Crippen molar-refractivity contribution in [2.45, 2.75) is 61.2 Å². The summed E-state index contributed by atoms with van der Waals surface area (Å²) < 4.78 is 11.4. The third-order valence-electron chi connectivity index (χ3n) is 9.58. The van der Waals surface area contributed by atoms with E-state index in [9.17, 15) is 24.9 Å². The Morgan fingerprint density at radius 3 is 2.38 bits per heavy atom. The van der Waals surface area contributed by atoms with Crippen molar-refractivity contribution in [3.63, 3.8) is 0 Å². The minimum Gasteiger partial charge on any atom is -0.482 e. The highest BCUT2D eigenvalue weighted by Gasteiger charge is 2.54. The molecule has 3 aromatic carbocycles. The lowest BCUT2D eigenvalue weighted by Gasteiger charge is -2.48. The smallest absolute Gasteiger partial charge is 0.341 e. The normalized spacial score (nSPS) is 22.1. The van der Waals surface area contributed by atoms with Gasteiger partial charge >= 0.3 is 5.97 Å². The van der Waals surface area contributed by atoms with E-state index < -0.39 is 12.6 Å². The van der Waals surface area contributed by atoms with Crippen LogP contribution in [-0.4, -0.2) is 48.9 Å². The molecule has 3 aliphatic rings. The van der Waals surface area contributed by atoms with Gasteiger partial charge in [0.2, 0.25) is 6.41 Å². The topological polar surface area (TPSA) is 141 Å². The fraction of sp³-hybridized carbons (Fsp3) is 0.378. The number of aliphatic carboxylic acids is 1. The maximum Gasteiger partial charge on any atom is 0.341 e. The Morgan fingerprint density at radius 2 is 1.72 bits per heavy atom. The lowest BCUT2D eigenvalue weighted by molar-refractivity contribution is -0.139. The SMILES string of the molecule is CN(C)C=O.C[C@]12CC[C@@H]3c4ccc(Oc5cc(C#N)c(Sc6ccc(OCC(=O)O)cc6)cc5C#N)cc4CC[C@H]3[C@@H]1CCC2=O. The van der Waals surface area contributed by atoms with Crippen LogP contribution in [0.1, 0.15) is 67.2 Å². The van der Waals surface area contributed by atoms with E-state index >= 15 is 0 Å². The number of fused-ring (bicyclic) bond motifs is 5. The maximum absolute atomic E-state index is 12.7. The largest absolute Gasteiger partial charge is 0.482 e. The molecule has 0 spiro atoms. The highest BCUT2D eigenvalue weighted by Crippen LogP contribution is 2.59. The number of ketones is 1. The second-order valence-electron chi connectivity index (χ2n) is 12.7. The Kier molecular flexibility index (Phi) is 10.2. The number of carbonyl (C=O) groups excluding carboxylic acids is 2. The van der Waals surface area contributed by atoms with Crippen molar-refractivity contribution in [1.82, 2.24) is 4.90 Å². The van der Waals surface area contributed by atoms with Crippen LogP contribution >= 0.6 is 11.8 Å². The van der Waals surface area contributed by atoms with Crippen molar-refractivity contribution in [3.05, 3.63) is 76.9 Å². The van der Waals surface area contributed by atoms with Crippen LogP contribution in [0.15, 0.2) is 64.4 Å². The molecule has 1 N–H and O–H groups in total. The first-order valence-electron chi connectivity index (χ1n) is 15.6. The summed E-state index contributed by atoms with van der Waals surface area (Å²) in [5.41, 5.74) is 3.21. The number of carboxylic acids is 1. The Labute approximate surface area is 279 Å². The number of carboxylic acid groups (broad SMARTS) is 1. The highest BCUT2D eigenvalue weighted by molar-refractivity contribution is 7.99. The van der Waals surface area contributed by atoms with Gasteiger partial charge in [-0.2, -0.15) is 10.5 Å². The first-order valence-corrected chi connectivity index (χ1v) is 16.4. The Hall–Kier alpha value is -4.80. The van der Waals surface area contributed by atoms with Crippen molar-refractivity contribution in [3.8, 4) is 29.4 Å². The molecule has 3 aromatic rings. The second-order valence-corrected chi connectivity index (χ2v) is 13.8. The molecule has 47 heavy (non-hydrogen) atoms. The summed E-state index contributed by atoms with van der Waals surface area (Å²) in [5.74, 6) is 2.31. The predicted octanol–water partition coefficient (Wildman–Crippen LogP) is 6.97. The Morgan fingerprint density at radius 1 is 1.02 bits per heavy atom. The summed E-state index contributed by atoms with van der Waals surface area (Å²) in [6.07, 6.45) is 6.52. The average molecular weight is 652 g/mol. The van der Waals surface area contributed by atoms with Gasteiger partial charge < -0.3 is 19.5 Å². The zero-order valence-corrected chi connectivity index (χ0v) is 27.5. The van der Waals surface area contributed by atoms with E-state index in [2.05, 4.69) is 31.2 Å². The summed E-state index contributed by atoms with van der Waals surface area (Å²) >= 11 is 1.33. The van der Waals surface area contributed by atoms with Gasteiger partial charge in [-0.25, -0.2) is 4.79 Å². The lowest BCUT2D eigenvalue weighted by Crippen LogP contribution is -2.42. The monoisotopic (exact) mass is 651 g/mol. The van der Waals surface area contributed by atoms with Gasteiger partial charge in [0.05, 0.1) is 11.1 Å². The van der Waals surface area contributed by atoms with Crippen LogP contribution in [-0.2, 0) is 20.8 Å². The van der Waals surface area contributed by atoms with E-state index in [0.29, 0.717) is 56.8 Å². The van der Waals surface area contributed by atoms with Gasteiger partial charge in [-0.15, -0.1) is 0 Å². The van der Waals surface area contributed by atoms with Gasteiger partial charge in [0.1, 0.15) is 35.2 Å². The number of hydrogen-bond acceptors (Lipinski definition) is 8. The summed E-state index contributed by atoms with van der Waals surface area (Å²) in [7, 11) is 3.38. The molecule has 9 nitrogen and oxygen atoms in total. The second kappa shape index (κ2) is 14.3. The summed E-state index contributed by atoms with van der Waals surface area (Å²) in [6.45, 7) is 1.77. The van der Waals surface area contributed by atoms with Crippen LogP contribution in [0, 0.1) is 39.9 Å².